The number of carbonyl (C=O) groups is 1. The van der Waals surface area contributed by atoms with Crippen LogP contribution in [-0.4, -0.2) is 22.9 Å². The first-order chi connectivity index (χ1) is 6.69. The average molecular weight is 241 g/mol. The van der Waals surface area contributed by atoms with Crippen LogP contribution in [0.3, 0.4) is 0 Å². The molecule has 88 valence electrons. The van der Waals surface area contributed by atoms with Gasteiger partial charge in [0.2, 0.25) is 5.91 Å². The lowest BCUT2D eigenvalue weighted by atomic mass is 10.1. The van der Waals surface area contributed by atoms with Gasteiger partial charge in [-0.15, -0.1) is 0 Å². The first kappa shape index (κ1) is 12.7. The Balaban J connectivity index is 2.60. The zero-order valence-corrected chi connectivity index (χ0v) is 9.45. The molecule has 0 aromatic rings. The van der Waals surface area contributed by atoms with E-state index >= 15 is 0 Å². The molecule has 0 aromatic carbocycles. The van der Waals surface area contributed by atoms with E-state index in [0.29, 0.717) is 0 Å². The van der Waals surface area contributed by atoms with Crippen molar-refractivity contribution in [2.45, 2.75) is 43.7 Å². The number of halogens is 3. The maximum absolute atomic E-state index is 12.5. The summed E-state index contributed by atoms with van der Waals surface area (Å²) < 4.78 is 37.4. The number of hydrogen-bond donors (Lipinski definition) is 2. The monoisotopic (exact) mass is 241 g/mol. The third-order valence-corrected chi connectivity index (χ3v) is 3.39. The highest BCUT2D eigenvalue weighted by atomic mass is 32.1. The van der Waals surface area contributed by atoms with Gasteiger partial charge in [-0.3, -0.25) is 4.79 Å². The molecule has 0 saturated heterocycles. The van der Waals surface area contributed by atoms with E-state index in [2.05, 4.69) is 12.6 Å². The Kier molecular flexibility index (Phi) is 3.28. The number of rotatable bonds is 3. The number of nitrogens with one attached hydrogen (secondary N) is 1. The van der Waals surface area contributed by atoms with Crippen LogP contribution < -0.4 is 5.32 Å². The summed E-state index contributed by atoms with van der Waals surface area (Å²) in [5.74, 6) is -0.722. The van der Waals surface area contributed by atoms with Gasteiger partial charge in [0.25, 0.3) is 0 Å². The third kappa shape index (κ3) is 2.59. The van der Waals surface area contributed by atoms with Crippen molar-refractivity contribution >= 4 is 18.5 Å². The van der Waals surface area contributed by atoms with Crippen LogP contribution in [0.4, 0.5) is 13.2 Å². The summed E-state index contributed by atoms with van der Waals surface area (Å²) in [5, 5.41) is 1.36. The van der Waals surface area contributed by atoms with E-state index < -0.39 is 22.9 Å². The summed E-state index contributed by atoms with van der Waals surface area (Å²) >= 11 is 3.98. The van der Waals surface area contributed by atoms with Gasteiger partial charge >= 0.3 is 6.18 Å². The predicted octanol–water partition coefficient (Wildman–Crippen LogP) is 2.15. The van der Waals surface area contributed by atoms with Gasteiger partial charge < -0.3 is 5.32 Å². The van der Waals surface area contributed by atoms with Gasteiger partial charge in [0, 0.05) is 0 Å². The fraction of sp³-hybridized carbons (Fsp3) is 0.889. The Morgan fingerprint density at radius 2 is 1.87 bits per heavy atom. The highest BCUT2D eigenvalue weighted by molar-refractivity contribution is 7.81. The van der Waals surface area contributed by atoms with E-state index in [0.717, 1.165) is 0 Å². The second kappa shape index (κ2) is 3.88. The maximum Gasteiger partial charge on any atom is 0.411 e. The minimum absolute atomic E-state index is 0.0270. The molecule has 0 spiro atoms. The number of thiol groups is 1. The largest absolute Gasteiger partial charge is 0.411 e. The summed E-state index contributed by atoms with van der Waals surface area (Å²) in [6.45, 7) is 3.48. The smallest absolute Gasteiger partial charge is 0.341 e. The number of amides is 1. The van der Waals surface area contributed by atoms with Crippen LogP contribution in [-0.2, 0) is 4.79 Å². The van der Waals surface area contributed by atoms with Gasteiger partial charge in [-0.05, 0) is 18.8 Å². The molecule has 0 aromatic heterocycles. The molecule has 1 atom stereocenters. The molecule has 1 aliphatic rings. The van der Waals surface area contributed by atoms with Crippen LogP contribution in [0.25, 0.3) is 0 Å². The fourth-order valence-electron chi connectivity index (χ4n) is 1.22. The highest BCUT2D eigenvalue weighted by Crippen LogP contribution is 2.49. The molecular weight excluding hydrogens is 227 g/mol. The molecule has 1 unspecified atom stereocenters. The van der Waals surface area contributed by atoms with Crippen LogP contribution in [0.15, 0.2) is 0 Å². The Morgan fingerprint density at radius 3 is 2.13 bits per heavy atom. The molecule has 2 nitrogen and oxygen atoms in total. The lowest BCUT2D eigenvalue weighted by molar-refractivity contribution is -0.170. The van der Waals surface area contributed by atoms with Crippen molar-refractivity contribution in [1.29, 1.82) is 0 Å². The minimum Gasteiger partial charge on any atom is -0.341 e. The van der Waals surface area contributed by atoms with Crippen LogP contribution in [0.1, 0.15) is 26.7 Å². The van der Waals surface area contributed by atoms with E-state index in [-0.39, 0.29) is 18.8 Å². The SMILES string of the molecule is CC(C)C(S)C(=O)NC1(C(F)(F)F)CC1. The molecule has 1 rings (SSSR count). The summed E-state index contributed by atoms with van der Waals surface area (Å²) in [4.78, 5) is 11.4. The highest BCUT2D eigenvalue weighted by Gasteiger charge is 2.64. The molecular formula is C9H14F3NOS. The summed E-state index contributed by atoms with van der Waals surface area (Å²) in [7, 11) is 0. The van der Waals surface area contributed by atoms with Crippen molar-refractivity contribution in [2.75, 3.05) is 0 Å². The average Bonchev–Trinajstić information content (AvgIpc) is 2.82. The summed E-state index contributed by atoms with van der Waals surface area (Å²) in [6.07, 6.45) is -4.41. The van der Waals surface area contributed by atoms with Crippen molar-refractivity contribution in [1.82, 2.24) is 5.32 Å². The van der Waals surface area contributed by atoms with E-state index in [1.165, 1.54) is 0 Å². The third-order valence-electron chi connectivity index (χ3n) is 2.56. The van der Waals surface area contributed by atoms with Gasteiger partial charge in [-0.25, -0.2) is 0 Å². The zero-order valence-electron chi connectivity index (χ0n) is 8.56. The Labute approximate surface area is 92.0 Å². The van der Waals surface area contributed by atoms with E-state index in [1.807, 2.05) is 5.32 Å². The van der Waals surface area contributed by atoms with E-state index in [1.54, 1.807) is 13.8 Å². The lowest BCUT2D eigenvalue weighted by Gasteiger charge is -2.23. The fourth-order valence-corrected chi connectivity index (χ4v) is 1.28. The van der Waals surface area contributed by atoms with Crippen LogP contribution in [0, 0.1) is 5.92 Å². The van der Waals surface area contributed by atoms with Gasteiger partial charge in [0.1, 0.15) is 5.54 Å². The number of hydrogen-bond acceptors (Lipinski definition) is 2. The normalized spacial score (nSPS) is 21.3. The molecule has 6 heteroatoms. The molecule has 0 heterocycles. The van der Waals surface area contributed by atoms with Crippen molar-refractivity contribution in [3.8, 4) is 0 Å². The molecule has 0 aliphatic heterocycles. The lowest BCUT2D eigenvalue weighted by Crippen LogP contribution is -2.50. The Hall–Kier alpha value is -0.390. The quantitative estimate of drug-likeness (QED) is 0.728. The van der Waals surface area contributed by atoms with E-state index in [4.69, 9.17) is 0 Å². The Morgan fingerprint density at radius 1 is 1.40 bits per heavy atom. The van der Waals surface area contributed by atoms with E-state index in [9.17, 15) is 18.0 Å². The number of carbonyl (C=O) groups excluding carboxylic acids is 1. The standard InChI is InChI=1S/C9H14F3NOS/c1-5(2)6(15)7(14)13-8(3-4-8)9(10,11)12/h5-6,15H,3-4H2,1-2H3,(H,13,14). The number of alkyl halides is 3. The van der Waals surface area contributed by atoms with Crippen LogP contribution >= 0.6 is 12.6 Å². The summed E-state index contributed by atoms with van der Waals surface area (Å²) in [6, 6.07) is 0. The van der Waals surface area contributed by atoms with Crippen LogP contribution in [0.2, 0.25) is 0 Å². The van der Waals surface area contributed by atoms with Crippen LogP contribution in [0.5, 0.6) is 0 Å². The van der Waals surface area contributed by atoms with Crippen molar-refractivity contribution < 1.29 is 18.0 Å². The topological polar surface area (TPSA) is 29.1 Å². The van der Waals surface area contributed by atoms with Crippen molar-refractivity contribution in [3.63, 3.8) is 0 Å². The minimum atomic E-state index is -4.35. The van der Waals surface area contributed by atoms with Crippen molar-refractivity contribution in [2.24, 2.45) is 5.92 Å². The van der Waals surface area contributed by atoms with Gasteiger partial charge in [0.15, 0.2) is 0 Å². The molecule has 15 heavy (non-hydrogen) atoms. The summed E-state index contributed by atoms with van der Waals surface area (Å²) in [5.41, 5.74) is -1.97. The maximum atomic E-state index is 12.5. The zero-order chi connectivity index (χ0) is 11.9. The second-order valence-electron chi connectivity index (χ2n) is 4.26. The second-order valence-corrected chi connectivity index (χ2v) is 4.81. The molecule has 1 fully saturated rings. The van der Waals surface area contributed by atoms with Gasteiger partial charge in [-0.1, -0.05) is 13.8 Å². The predicted molar refractivity (Wildman–Crippen MR) is 53.8 cm³/mol. The molecule has 1 aliphatic carbocycles. The van der Waals surface area contributed by atoms with Crippen molar-refractivity contribution in [3.05, 3.63) is 0 Å². The van der Waals surface area contributed by atoms with Gasteiger partial charge in [0.05, 0.1) is 5.25 Å². The molecule has 1 N–H and O–H groups in total. The first-order valence-electron chi connectivity index (χ1n) is 4.76. The Bertz CT molecular complexity index is 261. The molecule has 0 radical (unpaired) electrons. The molecule has 0 bridgehead atoms. The molecule has 1 saturated carbocycles. The molecule has 1 amide bonds. The van der Waals surface area contributed by atoms with Gasteiger partial charge in [-0.2, -0.15) is 25.8 Å². The first-order valence-corrected chi connectivity index (χ1v) is 5.28.